The van der Waals surface area contributed by atoms with Crippen LogP contribution in [0.2, 0.25) is 0 Å². The molecule has 0 unspecified atom stereocenters. The van der Waals surface area contributed by atoms with Crippen molar-refractivity contribution in [1.29, 1.82) is 10.5 Å². The fraction of sp³-hybridized carbons (Fsp3) is 0.0294. The molecular formula is C136H88F4N8. The van der Waals surface area contributed by atoms with Crippen molar-refractivity contribution in [1.82, 2.24) is 0 Å². The lowest BCUT2D eigenvalue weighted by Gasteiger charge is -2.30. The predicted octanol–water partition coefficient (Wildman–Crippen LogP) is 39.0. The minimum absolute atomic E-state index is 0.361. The van der Waals surface area contributed by atoms with Crippen molar-refractivity contribution in [3.8, 4) is 101 Å². The molecule has 0 aliphatic carbocycles. The van der Waals surface area contributed by atoms with Gasteiger partial charge < -0.3 is 19.6 Å². The summed E-state index contributed by atoms with van der Waals surface area (Å²) in [4.78, 5) is 15.4. The maximum atomic E-state index is 16.9. The van der Waals surface area contributed by atoms with Crippen molar-refractivity contribution in [3.63, 3.8) is 0 Å². The molecule has 0 aliphatic heterocycles. The predicted molar refractivity (Wildman–Crippen MR) is 603 cm³/mol. The Hall–Kier alpha value is -19.8. The van der Waals surface area contributed by atoms with E-state index < -0.39 is 0 Å². The lowest BCUT2D eigenvalue weighted by atomic mass is 9.91. The molecule has 0 atom stereocenters. The van der Waals surface area contributed by atoms with Gasteiger partial charge in [0.15, 0.2) is 11.4 Å². The van der Waals surface area contributed by atoms with Crippen molar-refractivity contribution in [2.75, 3.05) is 19.6 Å². The molecule has 0 spiro atoms. The highest BCUT2D eigenvalue weighted by atomic mass is 19.1. The van der Waals surface area contributed by atoms with E-state index in [1.54, 1.807) is 24.3 Å². The van der Waals surface area contributed by atoms with Gasteiger partial charge in [-0.25, -0.2) is 27.3 Å². The zero-order valence-electron chi connectivity index (χ0n) is 81.0. The molecule has 24 aromatic rings. The molecule has 0 radical (unpaired) electrons. The molecular weight excluding hydrogens is 1820 g/mol. The Balaban J connectivity index is 0.000000163. The normalized spacial score (nSPS) is 11.2. The van der Waals surface area contributed by atoms with Crippen LogP contribution in [0.5, 0.6) is 0 Å². The standard InChI is InChI=1S/2C68H44F2N4/c1-43-14-30-65(61(69)34-43)73(57-38-52(46-10-6-4-7-11-46)36-54(40-57)48-18-16-45(42-71)17-19-48)63-32-24-50-23-29-60-64(33-25-51-22-28-59(63)67(50)68(51)60)74(66-31-15-44(2)35-62(66)70)58-39-53(47-12-8-5-9-13-47)37-55(41-58)49-20-26-56(72-3)27-21-49;1-43-14-30-61(69)65(34-43)73(57-38-52(46-10-6-4-7-11-46)36-54(40-57)48-18-16-45(42-71)17-19-48)63-32-24-50-23-29-60-64(33-25-51-22-28-59(63)67(50)68(51)60)74(66-35-44(2)15-31-62(66)70)58-39-53(47-12-8-5-9-13-47)37-55(41-58)49-20-26-56(72-3)27-21-49/h2*4-41H,1-2H3. The highest BCUT2D eigenvalue weighted by molar-refractivity contribution is 6.30. The monoisotopic (exact) mass is 1910 g/mol. The van der Waals surface area contributed by atoms with Crippen molar-refractivity contribution in [2.45, 2.75) is 27.7 Å². The Morgan fingerprint density at radius 3 is 0.655 bits per heavy atom. The van der Waals surface area contributed by atoms with Crippen LogP contribution in [0.4, 0.5) is 97.2 Å². The SMILES string of the molecule is [C-]#[N+]c1ccc(-c2cc(-c3ccccc3)cc(N(c3cc(C)ccc3F)c3ccc4ccc5c(N(c6cc(-c7ccccc7)cc(-c7ccc(C#N)cc7)c6)c6cc(C)ccc6F)ccc6ccc3c4c65)c2)cc1.[C-]#[N+]c1ccc(-c2cc(-c3ccccc3)cc(N(c3ccc(C)cc3F)c3ccc4ccc5c(N(c6cc(-c7ccccc7)cc(-c7ccc(C#N)cc7)c6)c6ccc(C)cc6F)ccc6ccc3c4c65)c2)cc1. The Kier molecular flexibility index (Phi) is 24.2. The number of halogens is 4. The largest absolute Gasteiger partial charge is 0.307 e. The summed E-state index contributed by atoms with van der Waals surface area (Å²) in [6.07, 6.45) is 0. The molecule has 0 amide bonds. The first-order valence-corrected chi connectivity index (χ1v) is 48.9. The van der Waals surface area contributed by atoms with Gasteiger partial charge in [0.25, 0.3) is 0 Å². The number of aryl methyl sites for hydroxylation is 4. The first-order chi connectivity index (χ1) is 72.4. The van der Waals surface area contributed by atoms with E-state index in [9.17, 15) is 10.5 Å². The minimum Gasteiger partial charge on any atom is -0.307 e. The van der Waals surface area contributed by atoms with Crippen LogP contribution in [-0.2, 0) is 0 Å². The lowest BCUT2D eigenvalue weighted by Crippen LogP contribution is -2.14. The second-order valence-corrected chi connectivity index (χ2v) is 37.6. The average Bonchev–Trinajstić information content (AvgIpc) is 0.718. The van der Waals surface area contributed by atoms with Crippen molar-refractivity contribution in [2.24, 2.45) is 0 Å². The number of rotatable bonds is 20. The lowest BCUT2D eigenvalue weighted by molar-refractivity contribution is 0.627. The fourth-order valence-corrected chi connectivity index (χ4v) is 20.9. The topological polar surface area (TPSA) is 69.3 Å². The van der Waals surface area contributed by atoms with Crippen molar-refractivity contribution < 1.29 is 17.6 Å². The van der Waals surface area contributed by atoms with Crippen LogP contribution in [0.15, 0.2) is 461 Å². The van der Waals surface area contributed by atoms with Gasteiger partial charge in [-0.05, 0) is 352 Å². The first-order valence-electron chi connectivity index (χ1n) is 48.9. The summed E-state index contributed by atoms with van der Waals surface area (Å²) in [7, 11) is 0. The average molecular weight is 1910 g/mol. The number of hydrogen-bond acceptors (Lipinski definition) is 6. The Morgan fingerprint density at radius 2 is 0.412 bits per heavy atom. The second-order valence-electron chi connectivity index (χ2n) is 37.6. The van der Waals surface area contributed by atoms with Crippen LogP contribution in [0.3, 0.4) is 0 Å². The van der Waals surface area contributed by atoms with Gasteiger partial charge in [0.1, 0.15) is 23.3 Å². The van der Waals surface area contributed by atoms with Crippen LogP contribution in [-0.4, -0.2) is 0 Å². The van der Waals surface area contributed by atoms with Crippen LogP contribution in [0.25, 0.3) is 163 Å². The van der Waals surface area contributed by atoms with E-state index in [1.807, 2.05) is 254 Å². The summed E-state index contributed by atoms with van der Waals surface area (Å²) in [5, 5.41) is 30.9. The van der Waals surface area contributed by atoms with Crippen LogP contribution in [0.1, 0.15) is 33.4 Å². The summed E-state index contributed by atoms with van der Waals surface area (Å²) in [5.41, 5.74) is 28.6. The summed E-state index contributed by atoms with van der Waals surface area (Å²) in [6.45, 7) is 22.9. The zero-order valence-corrected chi connectivity index (χ0v) is 81.0. The molecule has 0 heterocycles. The molecule has 0 aliphatic rings. The van der Waals surface area contributed by atoms with Gasteiger partial charge in [0.05, 0.1) is 81.9 Å². The first kappa shape index (κ1) is 92.0. The summed E-state index contributed by atoms with van der Waals surface area (Å²) in [6, 6.07) is 156. The maximum absolute atomic E-state index is 16.9. The number of nitriles is 2. The van der Waals surface area contributed by atoms with E-state index in [1.165, 1.54) is 12.1 Å². The molecule has 148 heavy (non-hydrogen) atoms. The van der Waals surface area contributed by atoms with Crippen molar-refractivity contribution in [3.05, 3.63) is 541 Å². The summed E-state index contributed by atoms with van der Waals surface area (Å²) in [5.74, 6) is -1.47. The van der Waals surface area contributed by atoms with Gasteiger partial charge in [-0.3, -0.25) is 0 Å². The molecule has 0 saturated heterocycles. The number of anilines is 12. The van der Waals surface area contributed by atoms with Crippen LogP contribution < -0.4 is 19.6 Å². The molecule has 8 nitrogen and oxygen atoms in total. The van der Waals surface area contributed by atoms with E-state index in [4.69, 9.17) is 13.1 Å². The van der Waals surface area contributed by atoms with Gasteiger partial charge in [0, 0.05) is 44.3 Å². The third-order valence-corrected chi connectivity index (χ3v) is 28.1. The molecule has 0 aromatic heterocycles. The van der Waals surface area contributed by atoms with Gasteiger partial charge in [0.2, 0.25) is 0 Å². The number of nitrogens with zero attached hydrogens (tertiary/aromatic N) is 8. The Bertz CT molecular complexity index is 8940. The van der Waals surface area contributed by atoms with E-state index in [0.29, 0.717) is 45.3 Å². The second kappa shape index (κ2) is 38.9. The van der Waals surface area contributed by atoms with Gasteiger partial charge in [-0.15, -0.1) is 0 Å². The van der Waals surface area contributed by atoms with Crippen LogP contribution in [0, 0.1) is 86.8 Å². The third kappa shape index (κ3) is 17.5. The molecule has 0 fully saturated rings. The summed E-state index contributed by atoms with van der Waals surface area (Å²) < 4.78 is 67.5. The van der Waals surface area contributed by atoms with Crippen molar-refractivity contribution >= 4 is 144 Å². The van der Waals surface area contributed by atoms with E-state index in [2.05, 4.69) is 240 Å². The minimum atomic E-state index is -0.371. The maximum Gasteiger partial charge on any atom is 0.187 e. The fourth-order valence-electron chi connectivity index (χ4n) is 20.9. The third-order valence-electron chi connectivity index (χ3n) is 28.1. The highest BCUT2D eigenvalue weighted by Gasteiger charge is 2.31. The number of hydrogen-bond donors (Lipinski definition) is 0. The van der Waals surface area contributed by atoms with Gasteiger partial charge in [-0.1, -0.05) is 291 Å². The quantitative estimate of drug-likeness (QED) is 0.0430. The molecule has 700 valence electrons. The Morgan fingerprint density at radius 1 is 0.196 bits per heavy atom. The highest BCUT2D eigenvalue weighted by Crippen LogP contribution is 2.55. The summed E-state index contributed by atoms with van der Waals surface area (Å²) >= 11 is 0. The molecule has 0 bridgehead atoms. The van der Waals surface area contributed by atoms with E-state index in [-0.39, 0.29) is 23.3 Å². The molecule has 0 saturated carbocycles. The zero-order chi connectivity index (χ0) is 101. The molecule has 12 heteroatoms. The molecule has 0 N–H and O–H groups in total. The van der Waals surface area contributed by atoms with Gasteiger partial charge >= 0.3 is 0 Å². The van der Waals surface area contributed by atoms with E-state index >= 15 is 17.6 Å². The van der Waals surface area contributed by atoms with Crippen LogP contribution >= 0.6 is 0 Å². The van der Waals surface area contributed by atoms with Gasteiger partial charge in [-0.2, -0.15) is 10.5 Å². The molecule has 24 aromatic carbocycles. The smallest absolute Gasteiger partial charge is 0.187 e. The Labute approximate surface area is 855 Å². The van der Waals surface area contributed by atoms with E-state index in [0.717, 1.165) is 221 Å². The molecule has 24 rings (SSSR count). The number of benzene rings is 24.